The Hall–Kier alpha value is -0.910. The Morgan fingerprint density at radius 3 is 2.85 bits per heavy atom. The molecule has 2 heterocycles. The van der Waals surface area contributed by atoms with E-state index in [4.69, 9.17) is 10.6 Å². The number of nitrogens with two attached hydrogens (primary N) is 1. The van der Waals surface area contributed by atoms with E-state index in [9.17, 15) is 0 Å². The highest BCUT2D eigenvalue weighted by Crippen LogP contribution is 2.20. The molecule has 1 aliphatic rings. The Morgan fingerprint density at radius 1 is 1.50 bits per heavy atom. The SMILES string of the molecule is Cc1nn(C)c(C)c1CC(CCCC1CCCO1)NN. The van der Waals surface area contributed by atoms with Crippen molar-refractivity contribution < 1.29 is 4.74 Å². The molecule has 1 saturated heterocycles. The summed E-state index contributed by atoms with van der Waals surface area (Å²) in [6.07, 6.45) is 7.28. The molecule has 1 aromatic rings. The van der Waals surface area contributed by atoms with E-state index in [0.29, 0.717) is 12.1 Å². The fourth-order valence-electron chi connectivity index (χ4n) is 3.07. The van der Waals surface area contributed by atoms with Crippen LogP contribution in [0.25, 0.3) is 0 Å². The molecule has 1 aliphatic heterocycles. The van der Waals surface area contributed by atoms with Crippen molar-refractivity contribution >= 4 is 0 Å². The van der Waals surface area contributed by atoms with Gasteiger partial charge in [0.05, 0.1) is 11.8 Å². The van der Waals surface area contributed by atoms with Gasteiger partial charge in [-0.15, -0.1) is 0 Å². The van der Waals surface area contributed by atoms with E-state index in [0.717, 1.165) is 38.0 Å². The molecule has 2 rings (SSSR count). The average Bonchev–Trinajstić information content (AvgIpc) is 3.01. The molecule has 5 nitrogen and oxygen atoms in total. The first-order valence-corrected chi connectivity index (χ1v) is 7.68. The summed E-state index contributed by atoms with van der Waals surface area (Å²) in [5.74, 6) is 5.71. The third kappa shape index (κ3) is 3.81. The molecular formula is C15H28N4O. The molecule has 2 atom stereocenters. The lowest BCUT2D eigenvalue weighted by Gasteiger charge is -2.17. The van der Waals surface area contributed by atoms with Gasteiger partial charge < -0.3 is 4.74 Å². The van der Waals surface area contributed by atoms with Crippen LogP contribution in [0.2, 0.25) is 0 Å². The molecule has 0 radical (unpaired) electrons. The summed E-state index contributed by atoms with van der Waals surface area (Å²) in [5, 5.41) is 4.47. The van der Waals surface area contributed by atoms with Crippen LogP contribution in [0.5, 0.6) is 0 Å². The number of hydrogen-bond donors (Lipinski definition) is 2. The first kappa shape index (κ1) is 15.5. The zero-order chi connectivity index (χ0) is 14.5. The van der Waals surface area contributed by atoms with Crippen molar-refractivity contribution in [1.29, 1.82) is 0 Å². The molecule has 0 aliphatic carbocycles. The number of nitrogens with zero attached hydrogens (tertiary/aromatic N) is 2. The highest BCUT2D eigenvalue weighted by Gasteiger charge is 2.18. The maximum atomic E-state index is 5.71. The molecule has 0 saturated carbocycles. The van der Waals surface area contributed by atoms with Gasteiger partial charge in [-0.2, -0.15) is 5.10 Å². The van der Waals surface area contributed by atoms with E-state index in [1.807, 2.05) is 11.7 Å². The summed E-state index contributed by atoms with van der Waals surface area (Å²) in [5.41, 5.74) is 6.64. The highest BCUT2D eigenvalue weighted by molar-refractivity contribution is 5.25. The molecule has 1 fully saturated rings. The van der Waals surface area contributed by atoms with Gasteiger partial charge >= 0.3 is 0 Å². The summed E-state index contributed by atoms with van der Waals surface area (Å²) in [6, 6.07) is 0.318. The fraction of sp³-hybridized carbons (Fsp3) is 0.800. The van der Waals surface area contributed by atoms with Crippen LogP contribution in [0.1, 0.15) is 49.1 Å². The Kier molecular flexibility index (Phi) is 5.57. The molecule has 5 heteroatoms. The molecular weight excluding hydrogens is 252 g/mol. The molecule has 0 aromatic carbocycles. The lowest BCUT2D eigenvalue weighted by atomic mass is 9.98. The molecule has 114 valence electrons. The maximum absolute atomic E-state index is 5.71. The quantitative estimate of drug-likeness (QED) is 0.590. The second-order valence-electron chi connectivity index (χ2n) is 5.91. The van der Waals surface area contributed by atoms with E-state index in [-0.39, 0.29) is 0 Å². The van der Waals surface area contributed by atoms with Crippen LogP contribution < -0.4 is 11.3 Å². The monoisotopic (exact) mass is 280 g/mol. The smallest absolute Gasteiger partial charge is 0.0628 e. The van der Waals surface area contributed by atoms with Crippen LogP contribution >= 0.6 is 0 Å². The van der Waals surface area contributed by atoms with Crippen LogP contribution in [-0.2, 0) is 18.2 Å². The van der Waals surface area contributed by atoms with Gasteiger partial charge in [-0.05, 0) is 57.9 Å². The van der Waals surface area contributed by atoms with Gasteiger partial charge in [-0.3, -0.25) is 16.0 Å². The Bertz CT molecular complexity index is 424. The van der Waals surface area contributed by atoms with Gasteiger partial charge in [-0.1, -0.05) is 0 Å². The van der Waals surface area contributed by atoms with Gasteiger partial charge in [0.2, 0.25) is 0 Å². The third-order valence-corrected chi connectivity index (χ3v) is 4.45. The van der Waals surface area contributed by atoms with Gasteiger partial charge in [0.25, 0.3) is 0 Å². The summed E-state index contributed by atoms with van der Waals surface area (Å²) >= 11 is 0. The van der Waals surface area contributed by atoms with Crippen molar-refractivity contribution in [3.63, 3.8) is 0 Å². The zero-order valence-electron chi connectivity index (χ0n) is 13.0. The van der Waals surface area contributed by atoms with E-state index < -0.39 is 0 Å². The Balaban J connectivity index is 1.82. The summed E-state index contributed by atoms with van der Waals surface area (Å²) in [7, 11) is 1.99. The molecule has 20 heavy (non-hydrogen) atoms. The largest absolute Gasteiger partial charge is 0.378 e. The van der Waals surface area contributed by atoms with Gasteiger partial charge in [0, 0.05) is 25.4 Å². The van der Waals surface area contributed by atoms with Crippen LogP contribution in [0, 0.1) is 13.8 Å². The van der Waals surface area contributed by atoms with E-state index in [1.54, 1.807) is 0 Å². The fourth-order valence-corrected chi connectivity index (χ4v) is 3.07. The first-order chi connectivity index (χ1) is 9.61. The van der Waals surface area contributed by atoms with Crippen molar-refractivity contribution in [3.8, 4) is 0 Å². The number of aromatic nitrogens is 2. The molecule has 3 N–H and O–H groups in total. The number of aryl methyl sites for hydroxylation is 2. The van der Waals surface area contributed by atoms with Crippen molar-refractivity contribution in [3.05, 3.63) is 17.0 Å². The lowest BCUT2D eigenvalue weighted by Crippen LogP contribution is -2.37. The predicted octanol–water partition coefficient (Wildman–Crippen LogP) is 1.76. The van der Waals surface area contributed by atoms with Crippen LogP contribution in [0.4, 0.5) is 0 Å². The van der Waals surface area contributed by atoms with Crippen molar-refractivity contribution in [1.82, 2.24) is 15.2 Å². The minimum absolute atomic E-state index is 0.318. The normalized spacial score (nSPS) is 20.5. The van der Waals surface area contributed by atoms with Crippen molar-refractivity contribution in [2.75, 3.05) is 6.61 Å². The third-order valence-electron chi connectivity index (χ3n) is 4.45. The molecule has 1 aromatic heterocycles. The van der Waals surface area contributed by atoms with E-state index >= 15 is 0 Å². The van der Waals surface area contributed by atoms with Crippen LogP contribution in [-0.4, -0.2) is 28.5 Å². The molecule has 0 bridgehead atoms. The van der Waals surface area contributed by atoms with E-state index in [1.165, 1.54) is 24.1 Å². The minimum Gasteiger partial charge on any atom is -0.378 e. The summed E-state index contributed by atoms with van der Waals surface area (Å²) in [4.78, 5) is 0. The molecule has 2 unspecified atom stereocenters. The van der Waals surface area contributed by atoms with Crippen molar-refractivity contribution in [2.45, 2.75) is 64.5 Å². The second kappa shape index (κ2) is 7.20. The second-order valence-corrected chi connectivity index (χ2v) is 5.91. The van der Waals surface area contributed by atoms with E-state index in [2.05, 4.69) is 24.4 Å². The topological polar surface area (TPSA) is 65.1 Å². The summed E-state index contributed by atoms with van der Waals surface area (Å²) < 4.78 is 7.61. The number of hydrazine groups is 1. The van der Waals surface area contributed by atoms with Crippen molar-refractivity contribution in [2.24, 2.45) is 12.9 Å². The lowest BCUT2D eigenvalue weighted by molar-refractivity contribution is 0.101. The van der Waals surface area contributed by atoms with Gasteiger partial charge in [0.15, 0.2) is 0 Å². The van der Waals surface area contributed by atoms with Crippen LogP contribution in [0.3, 0.4) is 0 Å². The highest BCUT2D eigenvalue weighted by atomic mass is 16.5. The number of ether oxygens (including phenoxy) is 1. The standard InChI is InChI=1S/C15H28N4O/c1-11-15(12(2)19(3)18-11)10-13(17-16)6-4-7-14-8-5-9-20-14/h13-14,17H,4-10,16H2,1-3H3. The van der Waals surface area contributed by atoms with Crippen LogP contribution in [0.15, 0.2) is 0 Å². The Morgan fingerprint density at radius 2 is 2.30 bits per heavy atom. The molecule has 0 amide bonds. The number of hydrogen-bond acceptors (Lipinski definition) is 4. The maximum Gasteiger partial charge on any atom is 0.0628 e. The van der Waals surface area contributed by atoms with Gasteiger partial charge in [0.1, 0.15) is 0 Å². The first-order valence-electron chi connectivity index (χ1n) is 7.68. The number of nitrogens with one attached hydrogen (secondary N) is 1. The average molecular weight is 280 g/mol. The predicted molar refractivity (Wildman–Crippen MR) is 80.3 cm³/mol. The molecule has 0 spiro atoms. The van der Waals surface area contributed by atoms with Gasteiger partial charge in [-0.25, -0.2) is 0 Å². The zero-order valence-corrected chi connectivity index (χ0v) is 13.0. The number of rotatable bonds is 7. The Labute approximate surface area is 121 Å². The summed E-state index contributed by atoms with van der Waals surface area (Å²) in [6.45, 7) is 5.13. The minimum atomic E-state index is 0.318.